The standard InChI is InChI=1S/C24H24NOP.C2H3N.3CO.W/c1-18(2)22-17-26-24(25-22)21-15-9-10-16-23(21)27(19-11-5-3-6-12-19)20-13-7-4-8-14-20;1-2-3;3*1-2;/h3-16,18,22H,17H2,1-2H3;1H3;;;;/t22-;;;;;/m1...../s1. The maximum atomic E-state index is 7.50. The van der Waals surface area contributed by atoms with Crippen molar-refractivity contribution in [1.82, 2.24) is 0 Å². The molecule has 0 bridgehead atoms. The van der Waals surface area contributed by atoms with Crippen LogP contribution >= 0.6 is 7.92 Å². The fourth-order valence-electron chi connectivity index (χ4n) is 3.31. The molecule has 1 aliphatic rings. The van der Waals surface area contributed by atoms with Gasteiger partial charge in [0, 0.05) is 33.6 Å². The summed E-state index contributed by atoms with van der Waals surface area (Å²) in [5, 5.41) is 11.3. The van der Waals surface area contributed by atoms with Crippen LogP contribution in [0.4, 0.5) is 0 Å². The Morgan fingerprint density at radius 2 is 1.24 bits per heavy atom. The fourth-order valence-corrected chi connectivity index (χ4v) is 5.75. The summed E-state index contributed by atoms with van der Waals surface area (Å²) in [7, 11) is -0.673. The van der Waals surface area contributed by atoms with Crippen molar-refractivity contribution in [2.24, 2.45) is 10.9 Å². The van der Waals surface area contributed by atoms with E-state index < -0.39 is 7.92 Å². The van der Waals surface area contributed by atoms with Gasteiger partial charge in [-0.2, -0.15) is 5.26 Å². The Bertz CT molecular complexity index is 1100. The van der Waals surface area contributed by atoms with E-state index in [0.717, 1.165) is 11.5 Å². The molecule has 0 saturated heterocycles. The summed E-state index contributed by atoms with van der Waals surface area (Å²) >= 11 is 0. The molecule has 188 valence electrons. The average Bonchev–Trinajstić information content (AvgIpc) is 3.45. The monoisotopic (exact) mass is 682 g/mol. The van der Waals surface area contributed by atoms with E-state index in [2.05, 4.69) is 119 Å². The summed E-state index contributed by atoms with van der Waals surface area (Å²) in [5.74, 6) is 1.28. The number of aliphatic imine (C=N–C) groups is 1. The van der Waals surface area contributed by atoms with Gasteiger partial charge < -0.3 is 4.74 Å². The van der Waals surface area contributed by atoms with Crippen molar-refractivity contribution in [3.8, 4) is 6.07 Å². The van der Waals surface area contributed by atoms with Crippen molar-refractivity contribution in [2.75, 3.05) is 6.61 Å². The summed E-state index contributed by atoms with van der Waals surface area (Å²) in [5.41, 5.74) is 1.12. The maximum Gasteiger partial charge on any atom is 0 e. The van der Waals surface area contributed by atoms with Crippen molar-refractivity contribution < 1.29 is 39.8 Å². The predicted molar refractivity (Wildman–Crippen MR) is 139 cm³/mol. The summed E-state index contributed by atoms with van der Waals surface area (Å²) in [4.78, 5) is 4.89. The molecular formula is C29H27N2O4PW. The zero-order chi connectivity index (χ0) is 27.3. The van der Waals surface area contributed by atoms with Crippen LogP contribution in [0.5, 0.6) is 0 Å². The van der Waals surface area contributed by atoms with Crippen LogP contribution in [0.3, 0.4) is 0 Å². The Kier molecular flexibility index (Phi) is 21.6. The van der Waals surface area contributed by atoms with Gasteiger partial charge in [0.1, 0.15) is 6.61 Å². The van der Waals surface area contributed by atoms with Gasteiger partial charge in [-0.15, -0.1) is 0 Å². The molecule has 4 rings (SSSR count). The third-order valence-electron chi connectivity index (χ3n) is 4.85. The van der Waals surface area contributed by atoms with Gasteiger partial charge in [-0.3, -0.25) is 0 Å². The van der Waals surface area contributed by atoms with E-state index in [0.29, 0.717) is 12.5 Å². The van der Waals surface area contributed by atoms with E-state index in [1.807, 2.05) is 0 Å². The summed E-state index contributed by atoms with van der Waals surface area (Å²) in [6, 6.07) is 32.1. The first-order chi connectivity index (χ1) is 17.7. The molecule has 37 heavy (non-hydrogen) atoms. The number of hydrogen-bond acceptors (Lipinski definition) is 3. The zero-order valence-corrected chi connectivity index (χ0v) is 24.7. The second kappa shape index (κ2) is 22.2. The molecule has 0 saturated carbocycles. The van der Waals surface area contributed by atoms with Crippen molar-refractivity contribution in [3.63, 3.8) is 0 Å². The van der Waals surface area contributed by atoms with Crippen LogP contribution in [0.1, 0.15) is 26.3 Å². The van der Waals surface area contributed by atoms with Gasteiger partial charge in [0.25, 0.3) is 0 Å². The van der Waals surface area contributed by atoms with E-state index in [1.54, 1.807) is 6.07 Å². The van der Waals surface area contributed by atoms with Crippen molar-refractivity contribution in [3.05, 3.63) is 110 Å². The largest absolute Gasteiger partial charge is 0 e. The number of nitriles is 1. The Morgan fingerprint density at radius 1 is 0.838 bits per heavy atom. The minimum absolute atomic E-state index is 0. The van der Waals surface area contributed by atoms with Crippen LogP contribution in [0.25, 0.3) is 0 Å². The van der Waals surface area contributed by atoms with Gasteiger partial charge in [-0.25, -0.2) is 4.99 Å². The number of rotatable bonds is 5. The number of ether oxygens (including phenoxy) is 1. The van der Waals surface area contributed by atoms with Gasteiger partial charge in [0.05, 0.1) is 12.1 Å². The Morgan fingerprint density at radius 3 is 1.65 bits per heavy atom. The topological polar surface area (TPSA) is 105 Å². The van der Waals surface area contributed by atoms with E-state index in [-0.39, 0.29) is 27.1 Å². The first-order valence-corrected chi connectivity index (χ1v) is 12.1. The molecule has 3 aromatic rings. The second-order valence-electron chi connectivity index (χ2n) is 7.30. The molecule has 0 aromatic heterocycles. The first kappa shape index (κ1) is 36.1. The Labute approximate surface area is 235 Å². The normalized spacial score (nSPS) is 12.4. The third kappa shape index (κ3) is 11.3. The minimum Gasteiger partial charge on any atom is 0 e. The number of nitrogens with zero attached hydrogens (tertiary/aromatic N) is 2. The first-order valence-electron chi connectivity index (χ1n) is 10.8. The van der Waals surface area contributed by atoms with Crippen molar-refractivity contribution in [2.45, 2.75) is 26.8 Å². The Balaban J connectivity index is 0. The smallest absolute Gasteiger partial charge is 0 e. The molecule has 0 unspecified atom stereocenters. The van der Waals surface area contributed by atoms with Crippen LogP contribution in [-0.2, 0) is 39.8 Å². The summed E-state index contributed by atoms with van der Waals surface area (Å²) in [6.07, 6.45) is 0. The zero-order valence-electron chi connectivity index (χ0n) is 20.8. The SMILES string of the molecule is CC#N.CC(C)[C@H]1COC(c2ccccc2P(c2ccccc2)c2ccccc2)=N1.[C-]#[O+].[C-]#[O+].[C-]#[O+].[W]. The molecule has 8 heteroatoms. The molecule has 0 radical (unpaired) electrons. The molecule has 0 spiro atoms. The number of benzene rings is 3. The molecule has 6 nitrogen and oxygen atoms in total. The van der Waals surface area contributed by atoms with Crippen LogP contribution in [-0.4, -0.2) is 18.5 Å². The van der Waals surface area contributed by atoms with E-state index in [4.69, 9.17) is 28.9 Å². The quantitative estimate of drug-likeness (QED) is 0.222. The van der Waals surface area contributed by atoms with Crippen LogP contribution in [0.2, 0.25) is 0 Å². The molecule has 0 amide bonds. The summed E-state index contributed by atoms with van der Waals surface area (Å²) < 4.78 is 28.5. The second-order valence-corrected chi connectivity index (χ2v) is 9.49. The van der Waals surface area contributed by atoms with E-state index >= 15 is 0 Å². The molecular weight excluding hydrogens is 655 g/mol. The van der Waals surface area contributed by atoms with E-state index in [1.165, 1.54) is 22.8 Å². The van der Waals surface area contributed by atoms with Crippen molar-refractivity contribution >= 4 is 29.7 Å². The maximum absolute atomic E-state index is 7.50. The molecule has 0 fully saturated rings. The fraction of sp³-hybridized carbons (Fsp3) is 0.207. The minimum atomic E-state index is -0.673. The van der Waals surface area contributed by atoms with Crippen LogP contribution < -0.4 is 15.9 Å². The van der Waals surface area contributed by atoms with Gasteiger partial charge in [-0.1, -0.05) is 92.7 Å². The summed E-state index contributed by atoms with van der Waals surface area (Å²) in [6.45, 7) is 20.0. The molecule has 0 N–H and O–H groups in total. The molecule has 1 heterocycles. The molecule has 1 atom stereocenters. The van der Waals surface area contributed by atoms with Crippen LogP contribution in [0, 0.1) is 37.2 Å². The van der Waals surface area contributed by atoms with E-state index in [9.17, 15) is 0 Å². The number of hydrogen-bond donors (Lipinski definition) is 0. The van der Waals surface area contributed by atoms with Crippen LogP contribution in [0.15, 0.2) is 89.9 Å². The molecule has 1 aliphatic heterocycles. The van der Waals surface area contributed by atoms with Gasteiger partial charge in [-0.05, 0) is 35.8 Å². The van der Waals surface area contributed by atoms with Crippen molar-refractivity contribution in [1.29, 1.82) is 5.26 Å². The third-order valence-corrected chi connectivity index (χ3v) is 7.35. The van der Waals surface area contributed by atoms with Gasteiger partial charge >= 0.3 is 33.9 Å². The molecule has 0 aliphatic carbocycles. The Hall–Kier alpha value is -3.04. The van der Waals surface area contributed by atoms with Gasteiger partial charge in [0.2, 0.25) is 5.90 Å². The average molecular weight is 682 g/mol. The van der Waals surface area contributed by atoms with Gasteiger partial charge in [0.15, 0.2) is 0 Å². The predicted octanol–water partition coefficient (Wildman–Crippen LogP) is 4.66. The molecule has 3 aromatic carbocycles.